The highest BCUT2D eigenvalue weighted by molar-refractivity contribution is 7.99. The summed E-state index contributed by atoms with van der Waals surface area (Å²) in [6.07, 6.45) is 1.70. The zero-order valence-corrected chi connectivity index (χ0v) is 13.2. The van der Waals surface area contributed by atoms with E-state index in [2.05, 4.69) is 43.2 Å². The van der Waals surface area contributed by atoms with Crippen molar-refractivity contribution in [1.29, 1.82) is 0 Å². The molecular weight excluding hydrogens is 290 g/mol. The predicted molar refractivity (Wildman–Crippen MR) is 84.5 cm³/mol. The summed E-state index contributed by atoms with van der Waals surface area (Å²) < 4.78 is 1.94. The van der Waals surface area contributed by atoms with Gasteiger partial charge in [-0.2, -0.15) is 5.10 Å². The molecule has 0 amide bonds. The molecule has 20 heavy (non-hydrogen) atoms. The number of aromatic nitrogens is 2. The molecule has 0 saturated heterocycles. The molecule has 106 valence electrons. The van der Waals surface area contributed by atoms with Gasteiger partial charge >= 0.3 is 0 Å². The fourth-order valence-corrected chi connectivity index (χ4v) is 4.31. The van der Waals surface area contributed by atoms with Crippen LogP contribution in [0.25, 0.3) is 0 Å². The van der Waals surface area contributed by atoms with Crippen LogP contribution in [0.15, 0.2) is 35.4 Å². The smallest absolute Gasteiger partial charge is 0.0834 e. The molecule has 2 unspecified atom stereocenters. The van der Waals surface area contributed by atoms with E-state index in [-0.39, 0.29) is 12.1 Å². The van der Waals surface area contributed by atoms with Gasteiger partial charge in [0.1, 0.15) is 0 Å². The van der Waals surface area contributed by atoms with E-state index >= 15 is 0 Å². The Morgan fingerprint density at radius 1 is 1.40 bits per heavy atom. The molecule has 0 fully saturated rings. The van der Waals surface area contributed by atoms with Gasteiger partial charge in [-0.1, -0.05) is 29.8 Å². The standard InChI is InChI=1S/C15H18ClN3S/c1-9(2)19-15(12(16)7-18-19)14(17)11-8-20-13-6-4-3-5-10(11)13/h3-7,9,11,14H,8,17H2,1-2H3. The van der Waals surface area contributed by atoms with Crippen molar-refractivity contribution in [2.45, 2.75) is 36.7 Å². The maximum atomic E-state index is 6.54. The van der Waals surface area contributed by atoms with Crippen molar-refractivity contribution in [2.75, 3.05) is 5.75 Å². The molecule has 2 N–H and O–H groups in total. The van der Waals surface area contributed by atoms with Crippen LogP contribution in [-0.4, -0.2) is 15.5 Å². The average Bonchev–Trinajstić information content (AvgIpc) is 3.01. The molecule has 1 aliphatic heterocycles. The fourth-order valence-electron chi connectivity index (χ4n) is 2.75. The van der Waals surface area contributed by atoms with E-state index < -0.39 is 0 Å². The zero-order chi connectivity index (χ0) is 14.3. The van der Waals surface area contributed by atoms with Crippen LogP contribution in [0.2, 0.25) is 5.02 Å². The highest BCUT2D eigenvalue weighted by Crippen LogP contribution is 2.45. The molecule has 0 spiro atoms. The van der Waals surface area contributed by atoms with Gasteiger partial charge in [-0.15, -0.1) is 11.8 Å². The first-order valence-electron chi connectivity index (χ1n) is 6.79. The lowest BCUT2D eigenvalue weighted by molar-refractivity contribution is 0.466. The van der Waals surface area contributed by atoms with E-state index in [1.54, 1.807) is 6.20 Å². The number of fused-ring (bicyclic) bond motifs is 1. The van der Waals surface area contributed by atoms with Crippen molar-refractivity contribution in [3.8, 4) is 0 Å². The lowest BCUT2D eigenvalue weighted by Crippen LogP contribution is -2.24. The maximum Gasteiger partial charge on any atom is 0.0834 e. The van der Waals surface area contributed by atoms with Crippen LogP contribution in [0.5, 0.6) is 0 Å². The number of nitrogens with two attached hydrogens (primary N) is 1. The first-order chi connectivity index (χ1) is 9.59. The van der Waals surface area contributed by atoms with Gasteiger partial charge in [0.25, 0.3) is 0 Å². The van der Waals surface area contributed by atoms with E-state index in [1.165, 1.54) is 10.5 Å². The van der Waals surface area contributed by atoms with E-state index in [4.69, 9.17) is 17.3 Å². The molecule has 1 aromatic carbocycles. The van der Waals surface area contributed by atoms with Crippen LogP contribution in [0.1, 0.15) is 43.1 Å². The van der Waals surface area contributed by atoms with Crippen LogP contribution in [0.4, 0.5) is 0 Å². The van der Waals surface area contributed by atoms with Gasteiger partial charge in [-0.25, -0.2) is 0 Å². The minimum atomic E-state index is -0.122. The van der Waals surface area contributed by atoms with E-state index in [0.717, 1.165) is 11.4 Å². The summed E-state index contributed by atoms with van der Waals surface area (Å²) in [4.78, 5) is 1.33. The van der Waals surface area contributed by atoms with Crippen molar-refractivity contribution in [3.05, 3.63) is 46.7 Å². The van der Waals surface area contributed by atoms with Gasteiger partial charge in [0.05, 0.1) is 23.0 Å². The molecule has 1 aromatic heterocycles. The van der Waals surface area contributed by atoms with E-state index in [1.807, 2.05) is 16.4 Å². The first kappa shape index (κ1) is 14.0. The second-order valence-corrected chi connectivity index (χ2v) is 6.87. The van der Waals surface area contributed by atoms with Gasteiger partial charge in [-0.3, -0.25) is 4.68 Å². The van der Waals surface area contributed by atoms with Crippen molar-refractivity contribution in [3.63, 3.8) is 0 Å². The minimum Gasteiger partial charge on any atom is -0.322 e. The van der Waals surface area contributed by atoms with Crippen LogP contribution < -0.4 is 5.73 Å². The van der Waals surface area contributed by atoms with Crippen molar-refractivity contribution < 1.29 is 0 Å². The third-order valence-electron chi connectivity index (χ3n) is 3.76. The molecular formula is C15H18ClN3S. The quantitative estimate of drug-likeness (QED) is 0.932. The largest absolute Gasteiger partial charge is 0.322 e. The second kappa shape index (κ2) is 5.43. The number of rotatable bonds is 3. The first-order valence-corrected chi connectivity index (χ1v) is 8.16. The zero-order valence-electron chi connectivity index (χ0n) is 11.6. The summed E-state index contributed by atoms with van der Waals surface area (Å²) in [5.41, 5.74) is 8.82. The molecule has 2 atom stereocenters. The predicted octanol–water partition coefficient (Wildman–Crippen LogP) is 4.01. The Bertz CT molecular complexity index is 623. The van der Waals surface area contributed by atoms with Crippen LogP contribution in [0, 0.1) is 0 Å². The monoisotopic (exact) mass is 307 g/mol. The SMILES string of the molecule is CC(C)n1ncc(Cl)c1C(N)C1CSc2ccccc21. The second-order valence-electron chi connectivity index (χ2n) is 5.40. The lowest BCUT2D eigenvalue weighted by Gasteiger charge is -2.23. The summed E-state index contributed by atoms with van der Waals surface area (Å²) in [5, 5.41) is 5.03. The highest BCUT2D eigenvalue weighted by atomic mass is 35.5. The van der Waals surface area contributed by atoms with Crippen molar-refractivity contribution >= 4 is 23.4 Å². The maximum absolute atomic E-state index is 6.54. The van der Waals surface area contributed by atoms with Gasteiger partial charge in [0, 0.05) is 22.6 Å². The number of hydrogen-bond acceptors (Lipinski definition) is 3. The summed E-state index contributed by atoms with van der Waals surface area (Å²) >= 11 is 8.19. The molecule has 1 aliphatic rings. The topological polar surface area (TPSA) is 43.8 Å². The Morgan fingerprint density at radius 3 is 2.90 bits per heavy atom. The van der Waals surface area contributed by atoms with E-state index in [9.17, 15) is 0 Å². The third-order valence-corrected chi connectivity index (χ3v) is 5.26. The Kier molecular flexibility index (Phi) is 3.80. The summed E-state index contributed by atoms with van der Waals surface area (Å²) in [6.45, 7) is 4.19. The number of halogens is 1. The molecule has 5 heteroatoms. The number of thioether (sulfide) groups is 1. The summed E-state index contributed by atoms with van der Waals surface area (Å²) in [7, 11) is 0. The Morgan fingerprint density at radius 2 is 2.15 bits per heavy atom. The van der Waals surface area contributed by atoms with E-state index in [0.29, 0.717) is 10.9 Å². The molecule has 3 rings (SSSR count). The highest BCUT2D eigenvalue weighted by Gasteiger charge is 2.32. The minimum absolute atomic E-state index is 0.122. The van der Waals surface area contributed by atoms with Crippen LogP contribution >= 0.6 is 23.4 Å². The lowest BCUT2D eigenvalue weighted by atomic mass is 9.92. The molecule has 0 aliphatic carbocycles. The average molecular weight is 308 g/mol. The Hall–Kier alpha value is -0.970. The summed E-state index contributed by atoms with van der Waals surface area (Å²) in [6, 6.07) is 8.62. The van der Waals surface area contributed by atoms with Crippen LogP contribution in [-0.2, 0) is 0 Å². The van der Waals surface area contributed by atoms with Crippen molar-refractivity contribution in [2.24, 2.45) is 5.73 Å². The third kappa shape index (κ3) is 2.26. The summed E-state index contributed by atoms with van der Waals surface area (Å²) in [5.74, 6) is 1.29. The molecule has 0 saturated carbocycles. The van der Waals surface area contributed by atoms with Gasteiger partial charge < -0.3 is 5.73 Å². The Balaban J connectivity index is 1.99. The molecule has 3 nitrogen and oxygen atoms in total. The molecule has 2 heterocycles. The fraction of sp³-hybridized carbons (Fsp3) is 0.400. The van der Waals surface area contributed by atoms with Gasteiger partial charge in [0.2, 0.25) is 0 Å². The van der Waals surface area contributed by atoms with Gasteiger partial charge in [0.15, 0.2) is 0 Å². The molecule has 2 aromatic rings. The van der Waals surface area contributed by atoms with Crippen LogP contribution in [0.3, 0.4) is 0 Å². The molecule has 0 bridgehead atoms. The number of benzene rings is 1. The van der Waals surface area contributed by atoms with Gasteiger partial charge in [-0.05, 0) is 25.5 Å². The Labute approximate surface area is 128 Å². The normalized spacial score (nSPS) is 19.4. The van der Waals surface area contributed by atoms with Crippen molar-refractivity contribution in [1.82, 2.24) is 9.78 Å². The number of nitrogens with zero attached hydrogens (tertiary/aromatic N) is 2. The molecule has 0 radical (unpaired) electrons. The number of hydrogen-bond donors (Lipinski definition) is 1.